The minimum atomic E-state index is -0.0801. The largest absolute Gasteiger partial charge is 0.488 e. The van der Waals surface area contributed by atoms with Crippen LogP contribution in [0.4, 0.5) is 0 Å². The average molecular weight is 296 g/mol. The van der Waals surface area contributed by atoms with Gasteiger partial charge in [0.2, 0.25) is 5.78 Å². The van der Waals surface area contributed by atoms with Crippen LogP contribution in [0.1, 0.15) is 65.5 Å². The summed E-state index contributed by atoms with van der Waals surface area (Å²) in [7, 11) is 0. The molecule has 3 aliphatic rings. The van der Waals surface area contributed by atoms with Crippen LogP contribution in [0, 0.1) is 5.92 Å². The molecule has 0 aromatic heterocycles. The number of carbonyl (C=O) groups excluding carboxylic acids is 2. The molecule has 0 N–H and O–H groups in total. The summed E-state index contributed by atoms with van der Waals surface area (Å²) in [5, 5.41) is 0. The first kappa shape index (κ1) is 13.7. The Hall–Kier alpha value is -1.90. The Morgan fingerprint density at radius 1 is 1.18 bits per heavy atom. The second-order valence-electron chi connectivity index (χ2n) is 7.36. The number of carbonyl (C=O) groups is 2. The second-order valence-corrected chi connectivity index (χ2v) is 7.36. The van der Waals surface area contributed by atoms with Gasteiger partial charge in [0.15, 0.2) is 11.5 Å². The summed E-state index contributed by atoms with van der Waals surface area (Å²) in [6.45, 7) is 6.81. The molecule has 3 heteroatoms. The normalized spacial score (nSPS) is 25.5. The zero-order valence-corrected chi connectivity index (χ0v) is 13.3. The molecule has 1 aliphatic heterocycles. The van der Waals surface area contributed by atoms with Gasteiger partial charge >= 0.3 is 0 Å². The van der Waals surface area contributed by atoms with Gasteiger partial charge in [-0.25, -0.2) is 0 Å². The number of ether oxygens (including phenoxy) is 1. The van der Waals surface area contributed by atoms with Gasteiger partial charge in [-0.2, -0.15) is 0 Å². The molecular weight excluding hydrogens is 276 g/mol. The lowest BCUT2D eigenvalue weighted by Crippen LogP contribution is -2.30. The van der Waals surface area contributed by atoms with Gasteiger partial charge in [-0.1, -0.05) is 26.8 Å². The van der Waals surface area contributed by atoms with E-state index < -0.39 is 0 Å². The summed E-state index contributed by atoms with van der Waals surface area (Å²) in [6, 6.07) is 3.92. The van der Waals surface area contributed by atoms with Crippen molar-refractivity contribution in [3.05, 3.63) is 45.7 Å². The molecular formula is C19H20O3. The molecule has 0 bridgehead atoms. The van der Waals surface area contributed by atoms with Gasteiger partial charge in [0, 0.05) is 17.0 Å². The number of ketones is 2. The van der Waals surface area contributed by atoms with Crippen molar-refractivity contribution >= 4 is 11.6 Å². The highest BCUT2D eigenvalue weighted by atomic mass is 16.5. The van der Waals surface area contributed by atoms with Crippen LogP contribution in [-0.2, 0) is 16.6 Å². The minimum absolute atomic E-state index is 0.00655. The summed E-state index contributed by atoms with van der Waals surface area (Å²) >= 11 is 0. The molecule has 1 heterocycles. The minimum Gasteiger partial charge on any atom is -0.488 e. The van der Waals surface area contributed by atoms with Crippen LogP contribution in [-0.4, -0.2) is 18.2 Å². The number of Topliss-reactive ketones (excluding diaryl/α,β-unsaturated/α-hetero) is 2. The average Bonchev–Trinajstić information content (AvgIpc) is 2.86. The van der Waals surface area contributed by atoms with Crippen molar-refractivity contribution in [2.24, 2.45) is 5.92 Å². The highest BCUT2D eigenvalue weighted by Gasteiger charge is 2.43. The number of allylic oxidation sites excluding steroid dienone is 1. The van der Waals surface area contributed by atoms with Crippen LogP contribution in [0.3, 0.4) is 0 Å². The Bertz CT molecular complexity index is 752. The van der Waals surface area contributed by atoms with Gasteiger partial charge in [-0.3, -0.25) is 9.59 Å². The zero-order chi connectivity index (χ0) is 15.6. The predicted molar refractivity (Wildman–Crippen MR) is 83.2 cm³/mol. The van der Waals surface area contributed by atoms with Crippen LogP contribution in [0.5, 0.6) is 0 Å². The highest BCUT2D eigenvalue weighted by molar-refractivity contribution is 6.27. The van der Waals surface area contributed by atoms with Crippen molar-refractivity contribution in [1.29, 1.82) is 0 Å². The first-order valence-corrected chi connectivity index (χ1v) is 8.04. The Morgan fingerprint density at radius 3 is 2.73 bits per heavy atom. The molecule has 4 rings (SSSR count). The van der Waals surface area contributed by atoms with E-state index in [0.717, 1.165) is 24.8 Å². The Balaban J connectivity index is 1.97. The van der Waals surface area contributed by atoms with Gasteiger partial charge in [0.05, 0.1) is 12.2 Å². The maximum absolute atomic E-state index is 12.9. The molecule has 22 heavy (non-hydrogen) atoms. The van der Waals surface area contributed by atoms with Crippen molar-refractivity contribution in [2.75, 3.05) is 6.61 Å². The number of benzene rings is 1. The molecule has 0 radical (unpaired) electrons. The molecule has 3 nitrogen and oxygen atoms in total. The van der Waals surface area contributed by atoms with Crippen molar-refractivity contribution in [3.63, 3.8) is 0 Å². The molecule has 0 saturated carbocycles. The highest BCUT2D eigenvalue weighted by Crippen LogP contribution is 2.43. The molecule has 1 aromatic rings. The topological polar surface area (TPSA) is 43.4 Å². The van der Waals surface area contributed by atoms with E-state index in [1.807, 2.05) is 13.0 Å². The van der Waals surface area contributed by atoms with Crippen molar-refractivity contribution in [1.82, 2.24) is 0 Å². The van der Waals surface area contributed by atoms with Crippen molar-refractivity contribution in [3.8, 4) is 0 Å². The summed E-state index contributed by atoms with van der Waals surface area (Å²) in [6.07, 6.45) is 3.04. The number of hydrogen-bond donors (Lipinski definition) is 0. The van der Waals surface area contributed by atoms with Crippen LogP contribution in [0.2, 0.25) is 0 Å². The first-order valence-electron chi connectivity index (χ1n) is 8.04. The smallest absolute Gasteiger partial charge is 0.229 e. The van der Waals surface area contributed by atoms with E-state index in [-0.39, 0.29) is 22.9 Å². The maximum atomic E-state index is 12.9. The van der Waals surface area contributed by atoms with Crippen LogP contribution in [0.15, 0.2) is 23.5 Å². The molecule has 1 unspecified atom stereocenters. The lowest BCUT2D eigenvalue weighted by molar-refractivity contribution is 0.0911. The third-order valence-corrected chi connectivity index (χ3v) is 5.41. The summed E-state index contributed by atoms with van der Waals surface area (Å²) in [5.41, 5.74) is 4.12. The third kappa shape index (κ3) is 1.62. The molecule has 0 saturated heterocycles. The van der Waals surface area contributed by atoms with Crippen LogP contribution >= 0.6 is 0 Å². The molecule has 114 valence electrons. The Morgan fingerprint density at radius 2 is 1.95 bits per heavy atom. The lowest BCUT2D eigenvalue weighted by Gasteiger charge is -2.35. The number of fused-ring (bicyclic) bond motifs is 3. The predicted octanol–water partition coefficient (Wildman–Crippen LogP) is 3.60. The maximum Gasteiger partial charge on any atom is 0.229 e. The fourth-order valence-corrected chi connectivity index (χ4v) is 4.20. The first-order chi connectivity index (χ1) is 10.4. The van der Waals surface area contributed by atoms with Crippen LogP contribution < -0.4 is 0 Å². The van der Waals surface area contributed by atoms with Gasteiger partial charge in [0.25, 0.3) is 0 Å². The summed E-state index contributed by atoms with van der Waals surface area (Å²) in [5.74, 6) is 0.220. The van der Waals surface area contributed by atoms with Crippen LogP contribution in [0.25, 0.3) is 0 Å². The summed E-state index contributed by atoms with van der Waals surface area (Å²) in [4.78, 5) is 25.7. The van der Waals surface area contributed by atoms with Gasteiger partial charge in [-0.15, -0.1) is 0 Å². The Kier molecular flexibility index (Phi) is 2.69. The molecule has 0 amide bonds. The monoisotopic (exact) mass is 296 g/mol. The summed E-state index contributed by atoms with van der Waals surface area (Å²) < 4.78 is 5.56. The van der Waals surface area contributed by atoms with Crippen molar-refractivity contribution in [2.45, 2.75) is 45.4 Å². The molecule has 0 spiro atoms. The van der Waals surface area contributed by atoms with E-state index >= 15 is 0 Å². The van der Waals surface area contributed by atoms with E-state index in [1.165, 1.54) is 5.56 Å². The van der Waals surface area contributed by atoms with Gasteiger partial charge < -0.3 is 4.74 Å². The van der Waals surface area contributed by atoms with E-state index in [4.69, 9.17) is 4.74 Å². The number of rotatable bonds is 0. The molecule has 2 aliphatic carbocycles. The van der Waals surface area contributed by atoms with E-state index in [9.17, 15) is 9.59 Å². The number of hydrogen-bond acceptors (Lipinski definition) is 3. The molecule has 0 fully saturated rings. The lowest BCUT2D eigenvalue weighted by atomic mass is 9.69. The molecule has 1 atom stereocenters. The van der Waals surface area contributed by atoms with Crippen molar-refractivity contribution < 1.29 is 14.3 Å². The SMILES string of the molecule is CC1COC2=C1C(=O)c1ccc3c(c1C2=O)CCCC3(C)C. The third-order valence-electron chi connectivity index (χ3n) is 5.41. The fraction of sp³-hybridized carbons (Fsp3) is 0.474. The van der Waals surface area contributed by atoms with E-state index in [2.05, 4.69) is 19.9 Å². The zero-order valence-electron chi connectivity index (χ0n) is 13.3. The van der Waals surface area contributed by atoms with Gasteiger partial charge in [0.1, 0.15) is 0 Å². The van der Waals surface area contributed by atoms with E-state index in [0.29, 0.717) is 29.1 Å². The Labute approximate surface area is 130 Å². The standard InChI is InChI=1S/C19H20O3/c1-10-9-22-18-14(10)16(20)12-6-7-13-11(15(12)17(18)21)5-4-8-19(13,2)3/h6-7,10H,4-5,8-9H2,1-3H3. The molecule has 1 aromatic carbocycles. The van der Waals surface area contributed by atoms with E-state index in [1.54, 1.807) is 0 Å². The fourth-order valence-electron chi connectivity index (χ4n) is 4.20. The second kappa shape index (κ2) is 4.31. The van der Waals surface area contributed by atoms with Gasteiger partial charge in [-0.05, 0) is 41.9 Å². The quantitative estimate of drug-likeness (QED) is 0.734.